The topological polar surface area (TPSA) is 106 Å². The van der Waals surface area contributed by atoms with Crippen LogP contribution in [0, 0.1) is 0 Å². The van der Waals surface area contributed by atoms with E-state index in [4.69, 9.17) is 15.5 Å². The van der Waals surface area contributed by atoms with Gasteiger partial charge in [-0.05, 0) is 62.1 Å². The van der Waals surface area contributed by atoms with Gasteiger partial charge in [0.15, 0.2) is 11.3 Å². The highest BCUT2D eigenvalue weighted by Gasteiger charge is 2.29. The van der Waals surface area contributed by atoms with E-state index in [-0.39, 0.29) is 11.8 Å². The monoisotopic (exact) mass is 469 g/mol. The van der Waals surface area contributed by atoms with Gasteiger partial charge < -0.3 is 15.4 Å². The number of carbonyl (C=O) groups excluding carboxylic acids is 2. The van der Waals surface area contributed by atoms with Crippen molar-refractivity contribution in [1.29, 1.82) is 0 Å². The second kappa shape index (κ2) is 9.13. The molecule has 5 rings (SSSR count). The predicted octanol–water partition coefficient (Wildman–Crippen LogP) is 4.50. The molecule has 3 heterocycles. The average molecular weight is 470 g/mol. The summed E-state index contributed by atoms with van der Waals surface area (Å²) in [6, 6.07) is 17.0. The van der Waals surface area contributed by atoms with Crippen LogP contribution in [0.15, 0.2) is 72.9 Å². The van der Waals surface area contributed by atoms with Crippen LogP contribution >= 0.6 is 0 Å². The van der Waals surface area contributed by atoms with Crippen molar-refractivity contribution in [2.45, 2.75) is 25.7 Å². The zero-order valence-corrected chi connectivity index (χ0v) is 19.5. The SMILES string of the molecule is C=C(C)C(=O)N1CCC(c2c[nH]n3c(C(N)=O)c(-c4ccc(Oc5ccccc5)cc4)nc23)CC1. The van der Waals surface area contributed by atoms with Gasteiger partial charge in [-0.25, -0.2) is 9.50 Å². The maximum absolute atomic E-state index is 12.4. The lowest BCUT2D eigenvalue weighted by molar-refractivity contribution is -0.128. The largest absolute Gasteiger partial charge is 0.457 e. The van der Waals surface area contributed by atoms with Crippen molar-refractivity contribution in [1.82, 2.24) is 19.5 Å². The number of hydrogen-bond donors (Lipinski definition) is 2. The fraction of sp³-hybridized carbons (Fsp3) is 0.222. The zero-order valence-electron chi connectivity index (χ0n) is 19.5. The minimum atomic E-state index is -0.563. The fourth-order valence-corrected chi connectivity index (χ4v) is 4.64. The van der Waals surface area contributed by atoms with E-state index < -0.39 is 5.91 Å². The number of rotatable bonds is 6. The van der Waals surface area contributed by atoms with Crippen LogP contribution in [0.1, 0.15) is 41.7 Å². The van der Waals surface area contributed by atoms with Crippen molar-refractivity contribution in [3.05, 3.63) is 84.2 Å². The molecule has 2 aromatic heterocycles. The number of fused-ring (bicyclic) bond motifs is 1. The summed E-state index contributed by atoms with van der Waals surface area (Å²) < 4.78 is 7.53. The number of nitrogens with two attached hydrogens (primary N) is 1. The molecule has 3 N–H and O–H groups in total. The van der Waals surface area contributed by atoms with Crippen LogP contribution in [0.5, 0.6) is 11.5 Å². The normalized spacial score (nSPS) is 14.3. The molecule has 0 saturated carbocycles. The van der Waals surface area contributed by atoms with E-state index in [0.717, 1.165) is 29.7 Å². The molecule has 4 aromatic rings. The smallest absolute Gasteiger partial charge is 0.269 e. The Labute approximate surface area is 203 Å². The Bertz CT molecular complexity index is 1390. The van der Waals surface area contributed by atoms with Gasteiger partial charge in [-0.15, -0.1) is 0 Å². The molecule has 2 amide bonds. The minimum Gasteiger partial charge on any atom is -0.457 e. The quantitative estimate of drug-likeness (QED) is 0.406. The van der Waals surface area contributed by atoms with E-state index in [2.05, 4.69) is 11.7 Å². The first-order valence-corrected chi connectivity index (χ1v) is 11.6. The molecule has 2 aromatic carbocycles. The van der Waals surface area contributed by atoms with E-state index in [1.165, 1.54) is 0 Å². The number of primary amides is 1. The molecule has 178 valence electrons. The molecule has 0 aliphatic carbocycles. The van der Waals surface area contributed by atoms with Crippen molar-refractivity contribution >= 4 is 17.5 Å². The Morgan fingerprint density at radius 3 is 2.34 bits per heavy atom. The summed E-state index contributed by atoms with van der Waals surface area (Å²) >= 11 is 0. The summed E-state index contributed by atoms with van der Waals surface area (Å²) in [6.45, 7) is 6.82. The fourth-order valence-electron chi connectivity index (χ4n) is 4.64. The van der Waals surface area contributed by atoms with Crippen molar-refractivity contribution in [2.24, 2.45) is 5.73 Å². The Hall–Kier alpha value is -4.33. The first kappa shape index (κ1) is 22.5. The summed E-state index contributed by atoms with van der Waals surface area (Å²) in [6.07, 6.45) is 3.51. The van der Waals surface area contributed by atoms with E-state index in [1.807, 2.05) is 65.7 Å². The zero-order chi connectivity index (χ0) is 24.5. The van der Waals surface area contributed by atoms with Gasteiger partial charge in [-0.1, -0.05) is 24.8 Å². The van der Waals surface area contributed by atoms with Gasteiger partial charge >= 0.3 is 0 Å². The van der Waals surface area contributed by atoms with E-state index >= 15 is 0 Å². The molecule has 0 atom stereocenters. The maximum atomic E-state index is 12.4. The number of para-hydroxylation sites is 1. The summed E-state index contributed by atoms with van der Waals surface area (Å²) in [7, 11) is 0. The lowest BCUT2D eigenvalue weighted by Gasteiger charge is -2.31. The Balaban J connectivity index is 1.42. The second-order valence-electron chi connectivity index (χ2n) is 8.85. The number of benzene rings is 2. The lowest BCUT2D eigenvalue weighted by atomic mass is 9.91. The summed E-state index contributed by atoms with van der Waals surface area (Å²) in [5, 5.41) is 3.16. The summed E-state index contributed by atoms with van der Waals surface area (Å²) in [5.41, 5.74) is 9.61. The Morgan fingerprint density at radius 1 is 1.06 bits per heavy atom. The average Bonchev–Trinajstić information content (AvgIpc) is 3.44. The number of hydrogen-bond acceptors (Lipinski definition) is 4. The first-order valence-electron chi connectivity index (χ1n) is 11.6. The number of aromatic nitrogens is 3. The van der Waals surface area contributed by atoms with Crippen LogP contribution < -0.4 is 10.5 Å². The highest BCUT2D eigenvalue weighted by atomic mass is 16.5. The number of aromatic amines is 1. The number of nitrogens with one attached hydrogen (secondary N) is 1. The minimum absolute atomic E-state index is 0.00136. The van der Waals surface area contributed by atoms with Crippen LogP contribution in [0.4, 0.5) is 0 Å². The third-order valence-corrected chi connectivity index (χ3v) is 6.41. The molecule has 1 fully saturated rings. The van der Waals surface area contributed by atoms with Crippen molar-refractivity contribution in [3.8, 4) is 22.8 Å². The van der Waals surface area contributed by atoms with Crippen LogP contribution in [0.2, 0.25) is 0 Å². The van der Waals surface area contributed by atoms with Crippen molar-refractivity contribution in [2.75, 3.05) is 13.1 Å². The van der Waals surface area contributed by atoms with Gasteiger partial charge in [0.05, 0.1) is 0 Å². The third kappa shape index (κ3) is 4.30. The molecule has 0 spiro atoms. The van der Waals surface area contributed by atoms with Crippen molar-refractivity contribution in [3.63, 3.8) is 0 Å². The van der Waals surface area contributed by atoms with Gasteiger partial charge in [-0.2, -0.15) is 0 Å². The number of piperidine rings is 1. The molecule has 1 aliphatic heterocycles. The van der Waals surface area contributed by atoms with Crippen molar-refractivity contribution < 1.29 is 14.3 Å². The highest BCUT2D eigenvalue weighted by Crippen LogP contribution is 2.34. The second-order valence-corrected chi connectivity index (χ2v) is 8.85. The van der Waals surface area contributed by atoms with Gasteiger partial charge in [0, 0.05) is 36.0 Å². The molecular formula is C27H27N5O3. The van der Waals surface area contributed by atoms with Gasteiger partial charge in [0.2, 0.25) is 5.91 Å². The number of imidazole rings is 1. The number of ether oxygens (including phenoxy) is 1. The molecular weight excluding hydrogens is 442 g/mol. The molecule has 0 unspecified atom stereocenters. The molecule has 8 nitrogen and oxygen atoms in total. The predicted molar refractivity (Wildman–Crippen MR) is 133 cm³/mol. The highest BCUT2D eigenvalue weighted by molar-refractivity contribution is 5.98. The van der Waals surface area contributed by atoms with E-state index in [9.17, 15) is 9.59 Å². The van der Waals surface area contributed by atoms with Crippen LogP contribution in [-0.4, -0.2) is 44.4 Å². The summed E-state index contributed by atoms with van der Waals surface area (Å²) in [5.74, 6) is 1.08. The molecule has 0 bridgehead atoms. The maximum Gasteiger partial charge on any atom is 0.269 e. The Kier molecular flexibility index (Phi) is 5.86. The van der Waals surface area contributed by atoms with E-state index in [0.29, 0.717) is 41.4 Å². The number of carbonyl (C=O) groups is 2. The number of amides is 2. The van der Waals surface area contributed by atoms with Crippen LogP contribution in [0.25, 0.3) is 16.9 Å². The third-order valence-electron chi connectivity index (χ3n) is 6.41. The van der Waals surface area contributed by atoms with Crippen LogP contribution in [-0.2, 0) is 4.79 Å². The Morgan fingerprint density at radius 2 is 1.71 bits per heavy atom. The van der Waals surface area contributed by atoms with Crippen LogP contribution in [0.3, 0.4) is 0 Å². The first-order chi connectivity index (χ1) is 16.9. The number of H-pyrrole nitrogens is 1. The molecule has 0 radical (unpaired) electrons. The lowest BCUT2D eigenvalue weighted by Crippen LogP contribution is -2.38. The van der Waals surface area contributed by atoms with Gasteiger partial charge in [-0.3, -0.25) is 14.7 Å². The van der Waals surface area contributed by atoms with E-state index in [1.54, 1.807) is 11.4 Å². The molecule has 1 saturated heterocycles. The molecule has 1 aliphatic rings. The number of likely N-dealkylation sites (tertiary alicyclic amines) is 1. The number of nitrogens with zero attached hydrogens (tertiary/aromatic N) is 3. The molecule has 8 heteroatoms. The summed E-state index contributed by atoms with van der Waals surface area (Å²) in [4.78, 5) is 31.3. The van der Waals surface area contributed by atoms with Gasteiger partial charge in [0.1, 0.15) is 17.2 Å². The molecule has 35 heavy (non-hydrogen) atoms. The standard InChI is InChI=1S/C27H27N5O3/c1-17(2)27(34)31-14-12-18(13-15-31)22-16-29-32-24(25(28)33)23(30-26(22)32)19-8-10-21(11-9-19)35-20-6-4-3-5-7-20/h3-11,16,18,29H,1,12-15H2,2H3,(H2,28,33). The van der Waals surface area contributed by atoms with Gasteiger partial charge in [0.25, 0.3) is 5.91 Å².